The molecule has 1 atom stereocenters. The standard InChI is InChI=1S/C15H22N2O3S/c1-2-13-16-12(10-21-13)8-14(18)17-7-3-4-11(9-17)5-6-15(19)20/h10-11H,2-9H2,1H3,(H,19,20)/t11-/m0/s1. The van der Waals surface area contributed by atoms with E-state index in [1.807, 2.05) is 10.3 Å². The van der Waals surface area contributed by atoms with Crippen molar-refractivity contribution in [3.8, 4) is 0 Å². The van der Waals surface area contributed by atoms with Crippen LogP contribution in [0.4, 0.5) is 0 Å². The zero-order valence-corrected chi connectivity index (χ0v) is 13.2. The zero-order chi connectivity index (χ0) is 15.2. The van der Waals surface area contributed by atoms with E-state index in [2.05, 4.69) is 11.9 Å². The summed E-state index contributed by atoms with van der Waals surface area (Å²) in [4.78, 5) is 29.3. The molecule has 0 saturated carbocycles. The lowest BCUT2D eigenvalue weighted by Gasteiger charge is -2.32. The van der Waals surface area contributed by atoms with Crippen molar-refractivity contribution in [1.82, 2.24) is 9.88 Å². The Labute approximate surface area is 129 Å². The first-order valence-corrected chi connectivity index (χ1v) is 8.39. The maximum atomic E-state index is 12.3. The third-order valence-corrected chi connectivity index (χ3v) is 4.91. The van der Waals surface area contributed by atoms with E-state index in [0.29, 0.717) is 25.3 Å². The van der Waals surface area contributed by atoms with Crippen LogP contribution in [0.25, 0.3) is 0 Å². The molecule has 21 heavy (non-hydrogen) atoms. The Balaban J connectivity index is 1.85. The van der Waals surface area contributed by atoms with Gasteiger partial charge in [-0.2, -0.15) is 0 Å². The smallest absolute Gasteiger partial charge is 0.303 e. The van der Waals surface area contributed by atoms with Crippen LogP contribution in [0.15, 0.2) is 5.38 Å². The third-order valence-electron chi connectivity index (χ3n) is 3.87. The number of nitrogens with zero attached hydrogens (tertiary/aromatic N) is 2. The third kappa shape index (κ3) is 4.81. The van der Waals surface area contributed by atoms with Gasteiger partial charge >= 0.3 is 5.97 Å². The van der Waals surface area contributed by atoms with Crippen LogP contribution in [-0.2, 0) is 22.4 Å². The number of carbonyl (C=O) groups is 2. The highest BCUT2D eigenvalue weighted by molar-refractivity contribution is 7.09. The van der Waals surface area contributed by atoms with E-state index in [-0.39, 0.29) is 12.3 Å². The summed E-state index contributed by atoms with van der Waals surface area (Å²) in [7, 11) is 0. The van der Waals surface area contributed by atoms with E-state index < -0.39 is 5.97 Å². The number of piperidine rings is 1. The number of thiazole rings is 1. The van der Waals surface area contributed by atoms with Gasteiger partial charge in [-0.15, -0.1) is 11.3 Å². The normalized spacial score (nSPS) is 18.7. The lowest BCUT2D eigenvalue weighted by Crippen LogP contribution is -2.40. The predicted octanol–water partition coefficient (Wildman–Crippen LogP) is 2.35. The lowest BCUT2D eigenvalue weighted by atomic mass is 9.93. The molecular formula is C15H22N2O3S. The molecule has 0 spiro atoms. The average molecular weight is 310 g/mol. The molecule has 1 aromatic heterocycles. The maximum absolute atomic E-state index is 12.3. The van der Waals surface area contributed by atoms with Gasteiger partial charge in [0.15, 0.2) is 0 Å². The number of likely N-dealkylation sites (tertiary alicyclic amines) is 1. The van der Waals surface area contributed by atoms with Crippen molar-refractivity contribution in [3.05, 3.63) is 16.1 Å². The Morgan fingerprint density at radius 1 is 1.52 bits per heavy atom. The second-order valence-electron chi connectivity index (χ2n) is 5.54. The fourth-order valence-electron chi connectivity index (χ4n) is 2.71. The minimum absolute atomic E-state index is 0.114. The van der Waals surface area contributed by atoms with Gasteiger partial charge in [0.1, 0.15) is 0 Å². The number of hydrogen-bond acceptors (Lipinski definition) is 4. The Kier molecular flexibility index (Phi) is 5.73. The van der Waals surface area contributed by atoms with Crippen molar-refractivity contribution in [2.45, 2.75) is 45.4 Å². The quantitative estimate of drug-likeness (QED) is 0.875. The molecular weight excluding hydrogens is 288 g/mol. The van der Waals surface area contributed by atoms with Crippen molar-refractivity contribution in [3.63, 3.8) is 0 Å². The number of aliphatic carboxylic acids is 1. The van der Waals surface area contributed by atoms with Gasteiger partial charge in [-0.05, 0) is 31.6 Å². The van der Waals surface area contributed by atoms with Crippen molar-refractivity contribution in [2.75, 3.05) is 13.1 Å². The zero-order valence-electron chi connectivity index (χ0n) is 12.4. The first-order valence-electron chi connectivity index (χ1n) is 7.51. The van der Waals surface area contributed by atoms with Crippen LogP contribution >= 0.6 is 11.3 Å². The van der Waals surface area contributed by atoms with E-state index >= 15 is 0 Å². The van der Waals surface area contributed by atoms with Gasteiger partial charge in [0.05, 0.1) is 17.1 Å². The minimum Gasteiger partial charge on any atom is -0.481 e. The number of carboxylic acid groups (broad SMARTS) is 1. The van der Waals surface area contributed by atoms with Crippen molar-refractivity contribution < 1.29 is 14.7 Å². The molecule has 6 heteroatoms. The molecule has 0 aromatic carbocycles. The van der Waals surface area contributed by atoms with E-state index in [4.69, 9.17) is 5.11 Å². The summed E-state index contributed by atoms with van der Waals surface area (Å²) in [6.45, 7) is 3.53. The van der Waals surface area contributed by atoms with Crippen LogP contribution in [0.5, 0.6) is 0 Å². The largest absolute Gasteiger partial charge is 0.481 e. The average Bonchev–Trinajstić information content (AvgIpc) is 2.93. The maximum Gasteiger partial charge on any atom is 0.303 e. The Morgan fingerprint density at radius 3 is 3.00 bits per heavy atom. The van der Waals surface area contributed by atoms with Gasteiger partial charge in [-0.25, -0.2) is 4.98 Å². The first-order chi connectivity index (χ1) is 10.1. The molecule has 2 rings (SSSR count). The summed E-state index contributed by atoms with van der Waals surface area (Å²) < 4.78 is 0. The van der Waals surface area contributed by atoms with Gasteiger partial charge < -0.3 is 10.0 Å². The Hall–Kier alpha value is -1.43. The molecule has 0 radical (unpaired) electrons. The second-order valence-corrected chi connectivity index (χ2v) is 6.49. The minimum atomic E-state index is -0.756. The molecule has 1 N–H and O–H groups in total. The Bertz CT molecular complexity index is 501. The van der Waals surface area contributed by atoms with Crippen LogP contribution in [0.1, 0.15) is 43.3 Å². The molecule has 0 aliphatic carbocycles. The van der Waals surface area contributed by atoms with Crippen LogP contribution in [0, 0.1) is 5.92 Å². The molecule has 0 unspecified atom stereocenters. The van der Waals surface area contributed by atoms with Gasteiger partial charge in [0.25, 0.3) is 0 Å². The van der Waals surface area contributed by atoms with Crippen LogP contribution < -0.4 is 0 Å². The number of carbonyl (C=O) groups excluding carboxylic acids is 1. The van der Waals surface area contributed by atoms with Gasteiger partial charge in [0, 0.05) is 24.9 Å². The van der Waals surface area contributed by atoms with Crippen molar-refractivity contribution in [2.24, 2.45) is 5.92 Å². The van der Waals surface area contributed by atoms with Gasteiger partial charge in [-0.1, -0.05) is 6.92 Å². The summed E-state index contributed by atoms with van der Waals surface area (Å²) >= 11 is 1.60. The van der Waals surface area contributed by atoms with Gasteiger partial charge in [0.2, 0.25) is 5.91 Å². The highest BCUT2D eigenvalue weighted by Gasteiger charge is 2.24. The molecule has 0 bridgehead atoms. The molecule has 1 aliphatic heterocycles. The molecule has 116 valence electrons. The Morgan fingerprint density at radius 2 is 2.33 bits per heavy atom. The molecule has 1 aromatic rings. The highest BCUT2D eigenvalue weighted by atomic mass is 32.1. The molecule has 1 amide bonds. The molecule has 1 aliphatic rings. The number of amides is 1. The fraction of sp³-hybridized carbons (Fsp3) is 0.667. The summed E-state index contributed by atoms with van der Waals surface area (Å²) in [5, 5.41) is 11.8. The predicted molar refractivity (Wildman–Crippen MR) is 81.4 cm³/mol. The van der Waals surface area contributed by atoms with E-state index in [9.17, 15) is 9.59 Å². The number of aromatic nitrogens is 1. The number of carboxylic acids is 1. The molecule has 2 heterocycles. The first kappa shape index (κ1) is 15.9. The SMILES string of the molecule is CCc1nc(CC(=O)N2CCC[C@@H](CCC(=O)O)C2)cs1. The fourth-order valence-corrected chi connectivity index (χ4v) is 3.46. The number of aryl methyl sites for hydroxylation is 1. The van der Waals surface area contributed by atoms with Crippen LogP contribution in [-0.4, -0.2) is 40.0 Å². The molecule has 5 nitrogen and oxygen atoms in total. The van der Waals surface area contributed by atoms with Crippen LogP contribution in [0.3, 0.4) is 0 Å². The van der Waals surface area contributed by atoms with E-state index in [1.165, 1.54) is 0 Å². The van der Waals surface area contributed by atoms with E-state index in [1.54, 1.807) is 11.3 Å². The summed E-state index contributed by atoms with van der Waals surface area (Å²) in [5.74, 6) is -0.323. The van der Waals surface area contributed by atoms with Crippen LogP contribution in [0.2, 0.25) is 0 Å². The topological polar surface area (TPSA) is 70.5 Å². The molecule has 1 saturated heterocycles. The van der Waals surface area contributed by atoms with Crippen molar-refractivity contribution in [1.29, 1.82) is 0 Å². The van der Waals surface area contributed by atoms with E-state index in [0.717, 1.165) is 36.5 Å². The summed E-state index contributed by atoms with van der Waals surface area (Å²) in [6.07, 6.45) is 4.11. The number of hydrogen-bond donors (Lipinski definition) is 1. The highest BCUT2D eigenvalue weighted by Crippen LogP contribution is 2.22. The summed E-state index contributed by atoms with van der Waals surface area (Å²) in [6, 6.07) is 0. The lowest BCUT2D eigenvalue weighted by molar-refractivity contribution is -0.137. The summed E-state index contributed by atoms with van der Waals surface area (Å²) in [5.41, 5.74) is 0.856. The second kappa shape index (κ2) is 7.54. The van der Waals surface area contributed by atoms with Gasteiger partial charge in [-0.3, -0.25) is 9.59 Å². The molecule has 1 fully saturated rings. The number of rotatable bonds is 6. The monoisotopic (exact) mass is 310 g/mol. The van der Waals surface area contributed by atoms with Crippen molar-refractivity contribution >= 4 is 23.2 Å².